The average Bonchev–Trinajstić information content (AvgIpc) is 3.24. The molecule has 0 spiro atoms. The molecule has 0 radical (unpaired) electrons. The van der Waals surface area contributed by atoms with Gasteiger partial charge in [-0.3, -0.25) is 0 Å². The van der Waals surface area contributed by atoms with Crippen molar-refractivity contribution < 1.29 is 38.5 Å². The lowest BCUT2D eigenvalue weighted by atomic mass is 9.70. The SMILES string of the molecule is Cc1ccc([B-]2(O)O[13C@@H]3[13C@@H]([13CH2]O[13C@@]4([13CH2]O)O[B-](O)(c5ccc(C)cc5)O[13C@@H]34)O2)cc1. The Morgan fingerprint density at radius 1 is 0.867 bits per heavy atom. The first-order valence-corrected chi connectivity index (χ1v) is 10.1. The van der Waals surface area contributed by atoms with E-state index in [1.807, 2.05) is 38.1 Å². The van der Waals surface area contributed by atoms with Crippen LogP contribution in [0.2, 0.25) is 0 Å². The highest BCUT2D eigenvalue weighted by atomic mass is 17.0. The van der Waals surface area contributed by atoms with Gasteiger partial charge in [-0.05, 0) is 13.8 Å². The van der Waals surface area contributed by atoms with Gasteiger partial charge in [-0.1, -0.05) is 59.7 Å². The first-order valence-electron chi connectivity index (χ1n) is 10.1. The molecule has 3 saturated heterocycles. The molecule has 2 aromatic rings. The van der Waals surface area contributed by atoms with Crippen molar-refractivity contribution in [3.05, 3.63) is 59.7 Å². The molecule has 3 heterocycles. The quantitative estimate of drug-likeness (QED) is 0.438. The van der Waals surface area contributed by atoms with Crippen molar-refractivity contribution in [3.8, 4) is 0 Å². The van der Waals surface area contributed by atoms with Gasteiger partial charge in [0.15, 0.2) is 5.79 Å². The smallest absolute Gasteiger partial charge is 0.409 e. The second-order valence-electron chi connectivity index (χ2n) is 8.40. The van der Waals surface area contributed by atoms with Crippen LogP contribution in [0.25, 0.3) is 0 Å². The number of fused-ring (bicyclic) bond motifs is 3. The molecule has 3 aliphatic heterocycles. The maximum absolute atomic E-state index is 11.2. The van der Waals surface area contributed by atoms with Gasteiger partial charge in [0.25, 0.3) is 0 Å². The van der Waals surface area contributed by atoms with E-state index in [-0.39, 0.29) is 6.61 Å². The molecule has 0 amide bonds. The molecule has 2 unspecified atom stereocenters. The number of aliphatic hydroxyl groups is 1. The van der Waals surface area contributed by atoms with Gasteiger partial charge in [-0.15, -0.1) is 10.9 Å². The minimum atomic E-state index is -2.93. The molecule has 3 fully saturated rings. The third kappa shape index (κ3) is 3.04. The summed E-state index contributed by atoms with van der Waals surface area (Å²) in [5.41, 5.74) is 2.96. The number of aryl methyl sites for hydroxylation is 2. The van der Waals surface area contributed by atoms with Crippen molar-refractivity contribution in [2.24, 2.45) is 0 Å². The molecular weight excluding hydrogens is 396 g/mol. The zero-order valence-corrected chi connectivity index (χ0v) is 16.8. The van der Waals surface area contributed by atoms with Gasteiger partial charge >= 0.3 is 13.5 Å². The number of benzene rings is 2. The van der Waals surface area contributed by atoms with Gasteiger partial charge in [-0.2, -0.15) is 0 Å². The lowest BCUT2D eigenvalue weighted by Crippen LogP contribution is -2.60. The maximum atomic E-state index is 11.2. The second-order valence-corrected chi connectivity index (χ2v) is 8.40. The summed E-state index contributed by atoms with van der Waals surface area (Å²) in [4.78, 5) is 0. The maximum Gasteiger partial charge on any atom is 0.409 e. The predicted molar refractivity (Wildman–Crippen MR) is 109 cm³/mol. The predicted octanol–water partition coefficient (Wildman–Crippen LogP) is -0.802. The summed E-state index contributed by atoms with van der Waals surface area (Å²) in [6.45, 7) is -2.39. The Hall–Kier alpha value is -1.75. The summed E-state index contributed by atoms with van der Waals surface area (Å²) >= 11 is 0. The van der Waals surface area contributed by atoms with E-state index >= 15 is 0 Å². The molecule has 160 valence electrons. The molecule has 3 aliphatic rings. The Kier molecular flexibility index (Phi) is 4.62. The van der Waals surface area contributed by atoms with Gasteiger partial charge in [0, 0.05) is 0 Å². The number of rotatable bonds is 3. The van der Waals surface area contributed by atoms with Crippen LogP contribution in [-0.2, 0) is 23.4 Å². The first kappa shape index (κ1) is 20.2. The van der Waals surface area contributed by atoms with E-state index in [0.29, 0.717) is 10.9 Å². The van der Waals surface area contributed by atoms with Crippen LogP contribution in [0.1, 0.15) is 11.1 Å². The fourth-order valence-corrected chi connectivity index (χ4v) is 4.48. The largest absolute Gasteiger partial charge is 0.555 e. The summed E-state index contributed by atoms with van der Waals surface area (Å²) in [6.07, 6.45) is -2.46. The number of aliphatic hydroxyl groups excluding tert-OH is 1. The van der Waals surface area contributed by atoms with Crippen LogP contribution in [0.5, 0.6) is 0 Å². The third-order valence-corrected chi connectivity index (χ3v) is 6.20. The van der Waals surface area contributed by atoms with Crippen molar-refractivity contribution >= 4 is 24.4 Å². The molecule has 0 saturated carbocycles. The van der Waals surface area contributed by atoms with E-state index in [1.54, 1.807) is 24.3 Å². The summed E-state index contributed by atoms with van der Waals surface area (Å²) in [7, 11) is 0. The lowest BCUT2D eigenvalue weighted by Gasteiger charge is -2.45. The van der Waals surface area contributed by atoms with Crippen LogP contribution < -0.4 is 10.9 Å². The molecule has 5 rings (SSSR count). The third-order valence-electron chi connectivity index (χ3n) is 6.20. The van der Waals surface area contributed by atoms with Gasteiger partial charge in [0.05, 0.1) is 31.5 Å². The van der Waals surface area contributed by atoms with E-state index < -0.39 is 44.2 Å². The second kappa shape index (κ2) is 6.88. The number of hydrogen-bond donors (Lipinski definition) is 3. The van der Waals surface area contributed by atoms with Gasteiger partial charge < -0.3 is 38.5 Å². The van der Waals surface area contributed by atoms with E-state index in [1.165, 1.54) is 0 Å². The highest BCUT2D eigenvalue weighted by Gasteiger charge is 2.63. The summed E-state index contributed by atoms with van der Waals surface area (Å²) in [5, 5.41) is 32.3. The number of ether oxygens (including phenoxy) is 1. The molecule has 30 heavy (non-hydrogen) atoms. The molecule has 0 aromatic heterocycles. The molecule has 2 aromatic carbocycles. The Balaban J connectivity index is 1.46. The summed E-state index contributed by atoms with van der Waals surface area (Å²) in [5.74, 6) is -1.63. The van der Waals surface area contributed by atoms with E-state index in [0.717, 1.165) is 11.1 Å². The standard InChI is InChI=1S/C20H24B2O8/c1-13-3-7-15(8-4-13)21(24)27-17-11-26-20(12-23)19(18(17)28-21)29-22(25,30-20)16-9-5-14(2)6-10-16/h3-10,17-19,23-25H,11-12H2,1-2H3/q-2/t17-,18-,19+,20+,21?,22?/m1/s1/i11+1,12+1,17+1,18+1,19+1,20+1. The minimum absolute atomic E-state index is 0.00106. The van der Waals surface area contributed by atoms with Crippen LogP contribution in [0.15, 0.2) is 48.5 Å². The molecule has 3 N–H and O–H groups in total. The molecule has 0 aliphatic carbocycles. The Bertz CT molecular complexity index is 941. The normalized spacial score (nSPS) is 40.2. The van der Waals surface area contributed by atoms with Crippen LogP contribution in [0.3, 0.4) is 0 Å². The van der Waals surface area contributed by atoms with Gasteiger partial charge in [0.2, 0.25) is 0 Å². The fourth-order valence-electron chi connectivity index (χ4n) is 4.48. The van der Waals surface area contributed by atoms with Crippen molar-refractivity contribution in [1.82, 2.24) is 0 Å². The average molecular weight is 420 g/mol. The van der Waals surface area contributed by atoms with Crippen molar-refractivity contribution in [2.75, 3.05) is 13.2 Å². The van der Waals surface area contributed by atoms with E-state index in [2.05, 4.69) is 0 Å². The Morgan fingerprint density at radius 2 is 1.43 bits per heavy atom. The van der Waals surface area contributed by atoms with Crippen LogP contribution in [0.4, 0.5) is 0 Å². The van der Waals surface area contributed by atoms with Crippen LogP contribution in [0, 0.1) is 13.8 Å². The first-order chi connectivity index (χ1) is 14.3. The highest BCUT2D eigenvalue weighted by molar-refractivity contribution is 6.75. The Morgan fingerprint density at radius 3 is 2.00 bits per heavy atom. The van der Waals surface area contributed by atoms with Crippen molar-refractivity contribution in [1.29, 1.82) is 0 Å². The van der Waals surface area contributed by atoms with Crippen LogP contribution in [-0.4, -0.2) is 66.0 Å². The zero-order valence-electron chi connectivity index (χ0n) is 16.8. The monoisotopic (exact) mass is 420 g/mol. The topological polar surface area (TPSA) is 107 Å². The highest BCUT2D eigenvalue weighted by Crippen LogP contribution is 2.44. The molecule has 0 bridgehead atoms. The summed E-state index contributed by atoms with van der Waals surface area (Å²) < 4.78 is 29.4. The molecular formula is C20H24B2O8-2. The molecule has 6 atom stereocenters. The van der Waals surface area contributed by atoms with Crippen molar-refractivity contribution in [3.63, 3.8) is 0 Å². The lowest BCUT2D eigenvalue weighted by molar-refractivity contribution is -0.271. The number of hydrogen-bond acceptors (Lipinski definition) is 8. The van der Waals surface area contributed by atoms with Crippen molar-refractivity contribution in [2.45, 2.75) is 37.9 Å². The molecule has 10 heteroatoms. The molecule has 8 nitrogen and oxygen atoms in total. The summed E-state index contributed by atoms with van der Waals surface area (Å²) in [6, 6.07) is 14.2. The Labute approximate surface area is 174 Å². The van der Waals surface area contributed by atoms with Gasteiger partial charge in [-0.25, -0.2) is 0 Å². The van der Waals surface area contributed by atoms with E-state index in [4.69, 9.17) is 23.4 Å². The zero-order chi connectivity index (χ0) is 21.1. The minimum Gasteiger partial charge on any atom is -0.555 e. The fraction of sp³-hybridized carbons (Fsp3) is 0.400. The van der Waals surface area contributed by atoms with Crippen LogP contribution >= 0.6 is 0 Å². The van der Waals surface area contributed by atoms with Gasteiger partial charge in [0.1, 0.15) is 0 Å². The van der Waals surface area contributed by atoms with E-state index in [9.17, 15) is 15.2 Å².